The summed E-state index contributed by atoms with van der Waals surface area (Å²) in [4.78, 5) is 29.8. The second-order valence-corrected chi connectivity index (χ2v) is 10.9. The first kappa shape index (κ1) is 28.2. The number of aromatic nitrogens is 4. The first-order chi connectivity index (χ1) is 19.8. The number of ether oxygens (including phenoxy) is 2. The predicted octanol–water partition coefficient (Wildman–Crippen LogP) is 4.54. The summed E-state index contributed by atoms with van der Waals surface area (Å²) in [5.74, 6) is -0.0626. The van der Waals surface area contributed by atoms with Gasteiger partial charge in [0.2, 0.25) is 0 Å². The summed E-state index contributed by atoms with van der Waals surface area (Å²) >= 11 is 0. The maximum Gasteiger partial charge on any atom is 0.353 e. The number of amides is 1. The van der Waals surface area contributed by atoms with E-state index >= 15 is 4.39 Å². The molecule has 0 unspecified atom stereocenters. The molecule has 3 heterocycles. The van der Waals surface area contributed by atoms with Crippen LogP contribution in [-0.2, 0) is 23.1 Å². The second-order valence-electron chi connectivity index (χ2n) is 8.80. The van der Waals surface area contributed by atoms with E-state index in [0.29, 0.717) is 11.3 Å². The Labute approximate surface area is 233 Å². The van der Waals surface area contributed by atoms with Crippen LogP contribution in [0.5, 0.6) is 0 Å². The van der Waals surface area contributed by atoms with Crippen LogP contribution in [-0.4, -0.2) is 64.5 Å². The zero-order valence-electron chi connectivity index (χ0n) is 21.9. The fourth-order valence-electron chi connectivity index (χ4n) is 4.19. The van der Waals surface area contributed by atoms with Crippen LogP contribution in [0.2, 0.25) is 0 Å². The third-order valence-corrected chi connectivity index (χ3v) is 7.87. The molecule has 5 rings (SSSR count). The molecule has 1 fully saturated rings. The van der Waals surface area contributed by atoms with Gasteiger partial charge < -0.3 is 23.8 Å². The van der Waals surface area contributed by atoms with Gasteiger partial charge in [-0.25, -0.2) is 14.2 Å². The summed E-state index contributed by atoms with van der Waals surface area (Å²) in [5, 5.41) is 10.9. The number of fused-ring (bicyclic) bond motifs is 1. The van der Waals surface area contributed by atoms with Crippen molar-refractivity contribution in [2.45, 2.75) is 24.6 Å². The van der Waals surface area contributed by atoms with Crippen LogP contribution >= 0.6 is 7.60 Å². The third kappa shape index (κ3) is 5.93. The number of halogens is 1. The number of nitrogens with zero attached hydrogens (tertiary/aromatic N) is 4. The van der Waals surface area contributed by atoms with Gasteiger partial charge in [0.1, 0.15) is 6.10 Å². The first-order valence-corrected chi connectivity index (χ1v) is 14.0. The third-order valence-electron chi connectivity index (χ3n) is 6.31. The highest BCUT2D eigenvalue weighted by Crippen LogP contribution is 2.49. The summed E-state index contributed by atoms with van der Waals surface area (Å²) < 4.78 is 51.0. The van der Waals surface area contributed by atoms with Gasteiger partial charge in [0.05, 0.1) is 11.3 Å². The van der Waals surface area contributed by atoms with E-state index < -0.39 is 38.2 Å². The predicted molar refractivity (Wildman–Crippen MR) is 145 cm³/mol. The minimum absolute atomic E-state index is 0.112. The zero-order valence-corrected chi connectivity index (χ0v) is 22.8. The van der Waals surface area contributed by atoms with Gasteiger partial charge in [0, 0.05) is 31.8 Å². The number of hydrogen-bond donors (Lipinski definition) is 1. The molecule has 2 aromatic carbocycles. The number of anilines is 1. The van der Waals surface area contributed by atoms with Crippen LogP contribution in [0.3, 0.4) is 0 Å². The van der Waals surface area contributed by atoms with Gasteiger partial charge in [-0.1, -0.05) is 41.6 Å². The number of alkyl halides is 1. The molecule has 1 saturated heterocycles. The zero-order chi connectivity index (χ0) is 29.0. The minimum atomic E-state index is -3.65. The van der Waals surface area contributed by atoms with E-state index in [-0.39, 0.29) is 22.6 Å². The van der Waals surface area contributed by atoms with Crippen LogP contribution in [0.4, 0.5) is 10.1 Å². The van der Waals surface area contributed by atoms with Crippen molar-refractivity contribution in [2.75, 3.05) is 19.5 Å². The minimum Gasteiger partial charge on any atom is -0.452 e. The van der Waals surface area contributed by atoms with Gasteiger partial charge in [0.25, 0.3) is 5.91 Å². The maximum absolute atomic E-state index is 16.0. The van der Waals surface area contributed by atoms with E-state index in [2.05, 4.69) is 20.6 Å². The van der Waals surface area contributed by atoms with Crippen molar-refractivity contribution in [3.05, 3.63) is 95.9 Å². The standard InChI is InChI=1S/C27H25FN5O7P/c1-37-41(36,38-2)16-14-20-23(40-27(35)18-11-7-4-8-12-18)21(28)26(39-20)33-24-22(31-32-33)19(13-15-29-24)30-25(34)17-9-5-3-6-10-17/h3-16,20-21,23,26H,1-2H3,(H,29,30,34)/b16-14+/t20-,21-,23-,26-/m1/s1. The molecule has 1 N–H and O–H groups in total. The Morgan fingerprint density at radius 1 is 1.02 bits per heavy atom. The van der Waals surface area contributed by atoms with E-state index in [1.54, 1.807) is 48.5 Å². The summed E-state index contributed by atoms with van der Waals surface area (Å²) in [6, 6.07) is 18.2. The number of pyridine rings is 1. The Morgan fingerprint density at radius 3 is 2.34 bits per heavy atom. The monoisotopic (exact) mass is 581 g/mol. The number of esters is 1. The normalized spacial score (nSPS) is 20.9. The highest BCUT2D eigenvalue weighted by atomic mass is 31.2. The molecule has 14 heteroatoms. The van der Waals surface area contributed by atoms with E-state index in [4.69, 9.17) is 18.5 Å². The van der Waals surface area contributed by atoms with E-state index in [1.807, 2.05) is 0 Å². The highest BCUT2D eigenvalue weighted by Gasteiger charge is 2.49. The maximum atomic E-state index is 16.0. The average molecular weight is 581 g/mol. The largest absolute Gasteiger partial charge is 0.452 e. The number of hydrogen-bond acceptors (Lipinski definition) is 10. The van der Waals surface area contributed by atoms with Gasteiger partial charge in [0.15, 0.2) is 29.7 Å². The molecule has 0 saturated carbocycles. The van der Waals surface area contributed by atoms with Gasteiger partial charge in [-0.05, 0) is 36.4 Å². The van der Waals surface area contributed by atoms with Crippen molar-refractivity contribution in [3.8, 4) is 0 Å². The molecule has 1 aliphatic heterocycles. The smallest absolute Gasteiger partial charge is 0.353 e. The Morgan fingerprint density at radius 2 is 1.68 bits per heavy atom. The first-order valence-electron chi connectivity index (χ1n) is 12.4. The van der Waals surface area contributed by atoms with Crippen molar-refractivity contribution < 1.29 is 37.1 Å². The fourth-order valence-corrected chi connectivity index (χ4v) is 4.96. The molecule has 0 radical (unpaired) electrons. The average Bonchev–Trinajstić information content (AvgIpc) is 3.58. The Bertz CT molecular complexity index is 1610. The summed E-state index contributed by atoms with van der Waals surface area (Å²) in [7, 11) is -1.26. The molecule has 4 atom stereocenters. The summed E-state index contributed by atoms with van der Waals surface area (Å²) in [6.07, 6.45) is -3.41. The van der Waals surface area contributed by atoms with E-state index in [0.717, 1.165) is 10.5 Å². The number of benzene rings is 2. The summed E-state index contributed by atoms with van der Waals surface area (Å²) in [6.45, 7) is 0. The fraction of sp³-hybridized carbons (Fsp3) is 0.222. The SMILES string of the molecule is COP(=O)(/C=C/[C@H]1O[C@@H](n2nnc3c(NC(=O)c4ccccc4)ccnc32)[C@H](F)[C@@H]1OC(=O)c1ccccc1)OC. The van der Waals surface area contributed by atoms with Crippen molar-refractivity contribution in [2.24, 2.45) is 0 Å². The lowest BCUT2D eigenvalue weighted by Gasteiger charge is -2.18. The quantitative estimate of drug-likeness (QED) is 0.221. The van der Waals surface area contributed by atoms with Gasteiger partial charge in [-0.3, -0.25) is 9.36 Å². The Balaban J connectivity index is 1.45. The Hall–Kier alpha value is -4.29. The van der Waals surface area contributed by atoms with Crippen molar-refractivity contribution >= 4 is 36.3 Å². The number of nitrogens with one attached hydrogen (secondary N) is 1. The molecule has 41 heavy (non-hydrogen) atoms. The van der Waals surface area contributed by atoms with Gasteiger partial charge in [-0.2, -0.15) is 4.68 Å². The van der Waals surface area contributed by atoms with Crippen LogP contribution < -0.4 is 5.32 Å². The van der Waals surface area contributed by atoms with Gasteiger partial charge in [-0.15, -0.1) is 5.10 Å². The van der Waals surface area contributed by atoms with Crippen molar-refractivity contribution in [1.29, 1.82) is 0 Å². The number of carbonyl (C=O) groups is 2. The van der Waals surface area contributed by atoms with Gasteiger partial charge >= 0.3 is 13.6 Å². The second kappa shape index (κ2) is 12.1. The topological polar surface area (TPSA) is 144 Å². The lowest BCUT2D eigenvalue weighted by molar-refractivity contribution is -0.0128. The molecule has 4 aromatic rings. The van der Waals surface area contributed by atoms with Crippen LogP contribution in [0.1, 0.15) is 26.9 Å². The molecule has 1 aliphatic rings. The molecule has 12 nitrogen and oxygen atoms in total. The molecule has 212 valence electrons. The summed E-state index contributed by atoms with van der Waals surface area (Å²) in [5.41, 5.74) is 1.23. The van der Waals surface area contributed by atoms with Crippen LogP contribution in [0.25, 0.3) is 11.2 Å². The van der Waals surface area contributed by atoms with E-state index in [9.17, 15) is 14.2 Å². The van der Waals surface area contributed by atoms with E-state index in [1.165, 1.54) is 44.7 Å². The molecule has 2 aromatic heterocycles. The molecular weight excluding hydrogens is 556 g/mol. The molecule has 0 spiro atoms. The number of carbonyl (C=O) groups excluding carboxylic acids is 2. The van der Waals surface area contributed by atoms with Crippen molar-refractivity contribution in [3.63, 3.8) is 0 Å². The lowest BCUT2D eigenvalue weighted by atomic mass is 10.1. The van der Waals surface area contributed by atoms with Crippen LogP contribution in [0, 0.1) is 0 Å². The van der Waals surface area contributed by atoms with Crippen molar-refractivity contribution in [1.82, 2.24) is 20.0 Å². The van der Waals surface area contributed by atoms with Crippen LogP contribution in [0.15, 0.2) is 84.8 Å². The molecule has 1 amide bonds. The molecular formula is C27H25FN5O7P. The lowest BCUT2D eigenvalue weighted by Crippen LogP contribution is -2.33. The molecule has 0 bridgehead atoms. The Kier molecular flexibility index (Phi) is 8.31. The number of rotatable bonds is 9. The highest BCUT2D eigenvalue weighted by molar-refractivity contribution is 7.57. The molecule has 0 aliphatic carbocycles.